The molecule has 0 radical (unpaired) electrons. The normalized spacial score (nSPS) is 10.8. The molecular weight excluding hydrogens is 200 g/mol. The van der Waals surface area contributed by atoms with E-state index >= 15 is 0 Å². The Morgan fingerprint density at radius 1 is 1.50 bits per heavy atom. The van der Waals surface area contributed by atoms with Crippen molar-refractivity contribution in [1.82, 2.24) is 0 Å². The summed E-state index contributed by atoms with van der Waals surface area (Å²) in [5, 5.41) is 9.29. The largest absolute Gasteiger partial charge is 0.497 e. The standard InChI is InChI=1S/C11H13ClO2/c1-14-10-5-6-11(12)9(8-10)4-2-3-7-13/h2,4-6,8,13H,3,7H2,1H3. The van der Waals surface area contributed by atoms with E-state index in [1.807, 2.05) is 24.3 Å². The quantitative estimate of drug-likeness (QED) is 0.832. The zero-order valence-corrected chi connectivity index (χ0v) is 8.79. The minimum Gasteiger partial charge on any atom is -0.497 e. The van der Waals surface area contributed by atoms with Gasteiger partial charge in [-0.25, -0.2) is 0 Å². The second kappa shape index (κ2) is 5.68. The van der Waals surface area contributed by atoms with Gasteiger partial charge in [0.05, 0.1) is 7.11 Å². The molecule has 0 aromatic heterocycles. The van der Waals surface area contributed by atoms with Gasteiger partial charge >= 0.3 is 0 Å². The van der Waals surface area contributed by atoms with E-state index in [1.54, 1.807) is 13.2 Å². The van der Waals surface area contributed by atoms with Crippen LogP contribution in [0.3, 0.4) is 0 Å². The van der Waals surface area contributed by atoms with E-state index in [0.717, 1.165) is 11.3 Å². The van der Waals surface area contributed by atoms with Gasteiger partial charge in [0.2, 0.25) is 0 Å². The van der Waals surface area contributed by atoms with Gasteiger partial charge in [0.1, 0.15) is 5.75 Å². The van der Waals surface area contributed by atoms with Crippen molar-refractivity contribution in [2.45, 2.75) is 6.42 Å². The van der Waals surface area contributed by atoms with E-state index in [4.69, 9.17) is 21.4 Å². The number of halogens is 1. The molecule has 0 atom stereocenters. The average molecular weight is 213 g/mol. The van der Waals surface area contributed by atoms with Gasteiger partial charge in [-0.1, -0.05) is 23.8 Å². The maximum absolute atomic E-state index is 8.61. The molecule has 1 rings (SSSR count). The van der Waals surface area contributed by atoms with Crippen LogP contribution in [-0.4, -0.2) is 18.8 Å². The van der Waals surface area contributed by atoms with Crippen molar-refractivity contribution in [3.63, 3.8) is 0 Å². The molecule has 0 aliphatic heterocycles. The van der Waals surface area contributed by atoms with E-state index in [0.29, 0.717) is 11.4 Å². The molecule has 1 aromatic carbocycles. The summed E-state index contributed by atoms with van der Waals surface area (Å²) >= 11 is 5.96. The van der Waals surface area contributed by atoms with Crippen LogP contribution in [0.15, 0.2) is 24.3 Å². The van der Waals surface area contributed by atoms with Crippen LogP contribution in [0, 0.1) is 0 Å². The molecule has 0 saturated carbocycles. The first kappa shape index (κ1) is 11.1. The Morgan fingerprint density at radius 3 is 2.93 bits per heavy atom. The number of hydrogen-bond acceptors (Lipinski definition) is 2. The van der Waals surface area contributed by atoms with Crippen molar-refractivity contribution in [2.24, 2.45) is 0 Å². The summed E-state index contributed by atoms with van der Waals surface area (Å²) in [5.41, 5.74) is 0.902. The fraction of sp³-hybridized carbons (Fsp3) is 0.273. The van der Waals surface area contributed by atoms with Gasteiger partial charge < -0.3 is 9.84 Å². The highest BCUT2D eigenvalue weighted by atomic mass is 35.5. The third-order valence-corrected chi connectivity index (χ3v) is 2.14. The SMILES string of the molecule is COc1ccc(Cl)c(C=CCCO)c1. The molecule has 0 saturated heterocycles. The summed E-state index contributed by atoms with van der Waals surface area (Å²) < 4.78 is 5.07. The van der Waals surface area contributed by atoms with Crippen LogP contribution in [-0.2, 0) is 0 Å². The van der Waals surface area contributed by atoms with Crippen LogP contribution in [0.5, 0.6) is 5.75 Å². The lowest BCUT2D eigenvalue weighted by molar-refractivity contribution is 0.303. The van der Waals surface area contributed by atoms with E-state index in [9.17, 15) is 0 Å². The highest BCUT2D eigenvalue weighted by Gasteiger charge is 1.98. The molecule has 1 N–H and O–H groups in total. The molecule has 3 heteroatoms. The third-order valence-electron chi connectivity index (χ3n) is 1.80. The predicted molar refractivity (Wildman–Crippen MR) is 58.7 cm³/mol. The Morgan fingerprint density at radius 2 is 2.29 bits per heavy atom. The fourth-order valence-electron chi connectivity index (χ4n) is 1.06. The Kier molecular flexibility index (Phi) is 4.50. The van der Waals surface area contributed by atoms with E-state index in [1.165, 1.54) is 0 Å². The zero-order chi connectivity index (χ0) is 10.4. The number of aliphatic hydroxyl groups excluding tert-OH is 1. The third kappa shape index (κ3) is 3.05. The minimum absolute atomic E-state index is 0.151. The summed E-state index contributed by atoms with van der Waals surface area (Å²) in [6.07, 6.45) is 4.38. The number of methoxy groups -OCH3 is 1. The molecule has 0 unspecified atom stereocenters. The molecular formula is C11H13ClO2. The molecule has 2 nitrogen and oxygen atoms in total. The highest BCUT2D eigenvalue weighted by Crippen LogP contribution is 2.23. The predicted octanol–water partition coefficient (Wildman–Crippen LogP) is 2.74. The number of benzene rings is 1. The minimum atomic E-state index is 0.151. The second-order valence-corrected chi connectivity index (χ2v) is 3.21. The molecule has 0 fully saturated rings. The topological polar surface area (TPSA) is 29.5 Å². The van der Waals surface area contributed by atoms with Crippen LogP contribution in [0.4, 0.5) is 0 Å². The Labute approximate surface area is 88.8 Å². The summed E-state index contributed by atoms with van der Waals surface area (Å²) in [7, 11) is 1.62. The molecule has 0 spiro atoms. The lowest BCUT2D eigenvalue weighted by Gasteiger charge is -2.02. The molecule has 0 aliphatic carbocycles. The average Bonchev–Trinajstić information content (AvgIpc) is 2.21. The molecule has 14 heavy (non-hydrogen) atoms. The Hall–Kier alpha value is -0.990. The summed E-state index contributed by atoms with van der Waals surface area (Å²) in [6.45, 7) is 0.151. The maximum Gasteiger partial charge on any atom is 0.119 e. The first-order valence-electron chi connectivity index (χ1n) is 4.39. The van der Waals surface area contributed by atoms with Crippen molar-refractivity contribution in [3.8, 4) is 5.75 Å². The van der Waals surface area contributed by atoms with Crippen molar-refractivity contribution in [2.75, 3.05) is 13.7 Å². The molecule has 76 valence electrons. The van der Waals surface area contributed by atoms with Gasteiger partial charge in [-0.3, -0.25) is 0 Å². The lowest BCUT2D eigenvalue weighted by atomic mass is 10.2. The maximum atomic E-state index is 8.61. The van der Waals surface area contributed by atoms with E-state index in [-0.39, 0.29) is 6.61 Å². The van der Waals surface area contributed by atoms with Gasteiger partial charge in [0.15, 0.2) is 0 Å². The number of hydrogen-bond donors (Lipinski definition) is 1. The van der Waals surface area contributed by atoms with E-state index < -0.39 is 0 Å². The highest BCUT2D eigenvalue weighted by molar-refractivity contribution is 6.32. The Balaban J connectivity index is 2.83. The number of rotatable bonds is 4. The second-order valence-electron chi connectivity index (χ2n) is 2.80. The first-order chi connectivity index (χ1) is 6.77. The van der Waals surface area contributed by atoms with Crippen LogP contribution in [0.1, 0.15) is 12.0 Å². The van der Waals surface area contributed by atoms with Crippen LogP contribution in [0.25, 0.3) is 6.08 Å². The van der Waals surface area contributed by atoms with Gasteiger partial charge in [-0.05, 0) is 30.2 Å². The van der Waals surface area contributed by atoms with Gasteiger partial charge in [-0.15, -0.1) is 0 Å². The summed E-state index contributed by atoms with van der Waals surface area (Å²) in [4.78, 5) is 0. The van der Waals surface area contributed by atoms with Gasteiger partial charge in [0.25, 0.3) is 0 Å². The fourth-order valence-corrected chi connectivity index (χ4v) is 1.24. The van der Waals surface area contributed by atoms with Crippen LogP contribution < -0.4 is 4.74 Å². The lowest BCUT2D eigenvalue weighted by Crippen LogP contribution is -1.84. The van der Waals surface area contributed by atoms with Crippen molar-refractivity contribution in [1.29, 1.82) is 0 Å². The first-order valence-corrected chi connectivity index (χ1v) is 4.76. The van der Waals surface area contributed by atoms with Crippen LogP contribution >= 0.6 is 11.6 Å². The van der Waals surface area contributed by atoms with Gasteiger partial charge in [0, 0.05) is 11.6 Å². The number of ether oxygens (including phenoxy) is 1. The number of aliphatic hydroxyl groups is 1. The molecule has 0 heterocycles. The Bertz CT molecular complexity index is 321. The summed E-state index contributed by atoms with van der Waals surface area (Å²) in [6, 6.07) is 5.46. The van der Waals surface area contributed by atoms with Crippen LogP contribution in [0.2, 0.25) is 5.02 Å². The van der Waals surface area contributed by atoms with Crippen molar-refractivity contribution >= 4 is 17.7 Å². The molecule has 0 bridgehead atoms. The molecule has 0 aliphatic rings. The van der Waals surface area contributed by atoms with E-state index in [2.05, 4.69) is 0 Å². The smallest absolute Gasteiger partial charge is 0.119 e. The zero-order valence-electron chi connectivity index (χ0n) is 8.03. The van der Waals surface area contributed by atoms with Crippen molar-refractivity contribution in [3.05, 3.63) is 34.9 Å². The molecule has 0 amide bonds. The molecule has 1 aromatic rings. The van der Waals surface area contributed by atoms with Gasteiger partial charge in [-0.2, -0.15) is 0 Å². The van der Waals surface area contributed by atoms with Crippen molar-refractivity contribution < 1.29 is 9.84 Å². The monoisotopic (exact) mass is 212 g/mol. The summed E-state index contributed by atoms with van der Waals surface area (Å²) in [5.74, 6) is 0.776.